The van der Waals surface area contributed by atoms with Crippen LogP contribution in [-0.2, 0) is 14.4 Å². The quantitative estimate of drug-likeness (QED) is 0.828. The zero-order valence-electron chi connectivity index (χ0n) is 11.5. The summed E-state index contributed by atoms with van der Waals surface area (Å²) < 4.78 is 0. The smallest absolute Gasteiger partial charge is 0.229 e. The second-order valence-electron chi connectivity index (χ2n) is 4.75. The molecule has 1 fully saturated rings. The average Bonchev–Trinajstić information content (AvgIpc) is 2.79. The van der Waals surface area contributed by atoms with Gasteiger partial charge in [-0.2, -0.15) is 5.26 Å². The van der Waals surface area contributed by atoms with Crippen LogP contribution < -0.4 is 5.32 Å². The zero-order chi connectivity index (χ0) is 15.2. The van der Waals surface area contributed by atoms with E-state index in [1.54, 1.807) is 24.3 Å². The number of benzene rings is 1. The van der Waals surface area contributed by atoms with Gasteiger partial charge in [-0.15, -0.1) is 0 Å². The number of nitriles is 1. The van der Waals surface area contributed by atoms with E-state index >= 15 is 0 Å². The first-order chi connectivity index (χ1) is 10.1. The van der Waals surface area contributed by atoms with Crippen molar-refractivity contribution in [3.8, 4) is 6.07 Å². The molecular formula is C15H15N3O3. The SMILES string of the molecule is N#Cc1ccccc1NC(=O)CCCN1C(=O)CCC1=O. The van der Waals surface area contributed by atoms with E-state index in [2.05, 4.69) is 5.32 Å². The third-order valence-corrected chi connectivity index (χ3v) is 3.26. The van der Waals surface area contributed by atoms with Gasteiger partial charge in [0.2, 0.25) is 17.7 Å². The third-order valence-electron chi connectivity index (χ3n) is 3.26. The minimum Gasteiger partial charge on any atom is -0.325 e. The van der Waals surface area contributed by atoms with Crippen LogP contribution in [0.5, 0.6) is 0 Å². The highest BCUT2D eigenvalue weighted by Gasteiger charge is 2.28. The Bertz CT molecular complexity index is 603. The predicted molar refractivity (Wildman–Crippen MR) is 75.0 cm³/mol. The van der Waals surface area contributed by atoms with Crippen molar-refractivity contribution in [2.75, 3.05) is 11.9 Å². The number of imide groups is 1. The van der Waals surface area contributed by atoms with Crippen LogP contribution in [0.15, 0.2) is 24.3 Å². The predicted octanol–water partition coefficient (Wildman–Crippen LogP) is 1.43. The molecule has 1 saturated heterocycles. The van der Waals surface area contributed by atoms with E-state index < -0.39 is 0 Å². The normalized spacial score (nSPS) is 14.1. The number of anilines is 1. The molecule has 2 rings (SSSR count). The van der Waals surface area contributed by atoms with E-state index in [1.165, 1.54) is 4.90 Å². The molecule has 21 heavy (non-hydrogen) atoms. The molecule has 1 aliphatic heterocycles. The highest BCUT2D eigenvalue weighted by molar-refractivity contribution is 6.02. The molecule has 6 nitrogen and oxygen atoms in total. The third kappa shape index (κ3) is 3.66. The Labute approximate surface area is 122 Å². The van der Waals surface area contributed by atoms with E-state index in [0.29, 0.717) is 17.7 Å². The fourth-order valence-electron chi connectivity index (χ4n) is 2.17. The van der Waals surface area contributed by atoms with E-state index in [9.17, 15) is 14.4 Å². The molecule has 1 heterocycles. The number of nitrogens with zero attached hydrogens (tertiary/aromatic N) is 2. The van der Waals surface area contributed by atoms with Crippen LogP contribution in [0.4, 0.5) is 5.69 Å². The maximum atomic E-state index is 11.8. The molecule has 0 spiro atoms. The number of hydrogen-bond donors (Lipinski definition) is 1. The van der Waals surface area contributed by atoms with Gasteiger partial charge >= 0.3 is 0 Å². The lowest BCUT2D eigenvalue weighted by Crippen LogP contribution is -2.30. The first-order valence-corrected chi connectivity index (χ1v) is 6.74. The van der Waals surface area contributed by atoms with Crippen LogP contribution in [0, 0.1) is 11.3 Å². The summed E-state index contributed by atoms with van der Waals surface area (Å²) in [5.41, 5.74) is 0.870. The molecule has 6 heteroatoms. The van der Waals surface area contributed by atoms with Gasteiger partial charge in [-0.05, 0) is 18.6 Å². The van der Waals surface area contributed by atoms with Crippen molar-refractivity contribution in [2.45, 2.75) is 25.7 Å². The fraction of sp³-hybridized carbons (Fsp3) is 0.333. The number of nitrogens with one attached hydrogen (secondary N) is 1. The van der Waals surface area contributed by atoms with Gasteiger partial charge in [0.05, 0.1) is 11.3 Å². The molecule has 0 saturated carbocycles. The second-order valence-corrected chi connectivity index (χ2v) is 4.75. The van der Waals surface area contributed by atoms with Crippen LogP contribution in [0.25, 0.3) is 0 Å². The molecule has 1 N–H and O–H groups in total. The largest absolute Gasteiger partial charge is 0.325 e. The molecule has 0 radical (unpaired) electrons. The lowest BCUT2D eigenvalue weighted by molar-refractivity contribution is -0.138. The Morgan fingerprint density at radius 2 is 1.90 bits per heavy atom. The first kappa shape index (κ1) is 14.7. The maximum absolute atomic E-state index is 11.8. The van der Waals surface area contributed by atoms with Crippen LogP contribution in [0.2, 0.25) is 0 Å². The van der Waals surface area contributed by atoms with Crippen molar-refractivity contribution < 1.29 is 14.4 Å². The maximum Gasteiger partial charge on any atom is 0.229 e. The van der Waals surface area contributed by atoms with Crippen LogP contribution in [-0.4, -0.2) is 29.2 Å². The van der Waals surface area contributed by atoms with Gasteiger partial charge in [0.15, 0.2) is 0 Å². The standard InChI is InChI=1S/C15H15N3O3/c16-10-11-4-1-2-5-12(11)17-13(19)6-3-9-18-14(20)7-8-15(18)21/h1-2,4-5H,3,6-9H2,(H,17,19). The van der Waals surface area contributed by atoms with Gasteiger partial charge in [-0.1, -0.05) is 12.1 Å². The van der Waals surface area contributed by atoms with Crippen LogP contribution >= 0.6 is 0 Å². The summed E-state index contributed by atoms with van der Waals surface area (Å²) in [4.78, 5) is 35.8. The van der Waals surface area contributed by atoms with E-state index in [-0.39, 0.29) is 43.5 Å². The van der Waals surface area contributed by atoms with Crippen molar-refractivity contribution >= 4 is 23.4 Å². The summed E-state index contributed by atoms with van der Waals surface area (Å²) in [5.74, 6) is -0.581. The number of carbonyl (C=O) groups excluding carboxylic acids is 3. The molecule has 3 amide bonds. The van der Waals surface area contributed by atoms with E-state index in [1.807, 2.05) is 6.07 Å². The first-order valence-electron chi connectivity index (χ1n) is 6.74. The van der Waals surface area contributed by atoms with Crippen molar-refractivity contribution in [1.29, 1.82) is 5.26 Å². The highest BCUT2D eigenvalue weighted by Crippen LogP contribution is 2.15. The minimum absolute atomic E-state index is 0.171. The van der Waals surface area contributed by atoms with Gasteiger partial charge < -0.3 is 5.32 Å². The van der Waals surface area contributed by atoms with Gasteiger partial charge in [0.25, 0.3) is 0 Å². The Hall–Kier alpha value is -2.68. The molecule has 0 bridgehead atoms. The number of likely N-dealkylation sites (tertiary alicyclic amines) is 1. The summed E-state index contributed by atoms with van der Waals surface area (Å²) in [7, 11) is 0. The molecule has 0 unspecified atom stereocenters. The van der Waals surface area contributed by atoms with E-state index in [0.717, 1.165) is 0 Å². The summed E-state index contributed by atoms with van der Waals surface area (Å²) in [6, 6.07) is 8.74. The Morgan fingerprint density at radius 3 is 2.57 bits per heavy atom. The zero-order valence-corrected chi connectivity index (χ0v) is 11.5. The van der Waals surface area contributed by atoms with E-state index in [4.69, 9.17) is 5.26 Å². The molecule has 108 valence electrons. The molecular weight excluding hydrogens is 270 g/mol. The highest BCUT2D eigenvalue weighted by atomic mass is 16.2. The van der Waals surface area contributed by atoms with Crippen molar-refractivity contribution in [1.82, 2.24) is 4.90 Å². The molecule has 0 atom stereocenters. The minimum atomic E-state index is -0.239. The number of amides is 3. The molecule has 1 aromatic rings. The Kier molecular flexibility index (Phi) is 4.67. The lowest BCUT2D eigenvalue weighted by atomic mass is 10.2. The van der Waals surface area contributed by atoms with Gasteiger partial charge in [0, 0.05) is 25.8 Å². The van der Waals surface area contributed by atoms with Crippen molar-refractivity contribution in [3.63, 3.8) is 0 Å². The number of para-hydroxylation sites is 1. The topological polar surface area (TPSA) is 90.3 Å². The van der Waals surface area contributed by atoms with Crippen molar-refractivity contribution in [3.05, 3.63) is 29.8 Å². The summed E-state index contributed by atoms with van der Waals surface area (Å²) >= 11 is 0. The number of carbonyl (C=O) groups is 3. The number of hydrogen-bond acceptors (Lipinski definition) is 4. The van der Waals surface area contributed by atoms with Gasteiger partial charge in [-0.25, -0.2) is 0 Å². The van der Waals surface area contributed by atoms with Crippen LogP contribution in [0.3, 0.4) is 0 Å². The van der Waals surface area contributed by atoms with Crippen LogP contribution in [0.1, 0.15) is 31.2 Å². The van der Waals surface area contributed by atoms with Crippen molar-refractivity contribution in [2.24, 2.45) is 0 Å². The van der Waals surface area contributed by atoms with Gasteiger partial charge in [-0.3, -0.25) is 19.3 Å². The Morgan fingerprint density at radius 1 is 1.24 bits per heavy atom. The Balaban J connectivity index is 1.82. The number of rotatable bonds is 5. The van der Waals surface area contributed by atoms with Gasteiger partial charge in [0.1, 0.15) is 6.07 Å². The second kappa shape index (κ2) is 6.66. The molecule has 0 aliphatic carbocycles. The summed E-state index contributed by atoms with van der Waals surface area (Å²) in [5, 5.41) is 11.6. The fourth-order valence-corrected chi connectivity index (χ4v) is 2.17. The molecule has 0 aromatic heterocycles. The molecule has 1 aliphatic rings. The lowest BCUT2D eigenvalue weighted by Gasteiger charge is -2.13. The monoisotopic (exact) mass is 285 g/mol. The summed E-state index contributed by atoms with van der Waals surface area (Å²) in [6.07, 6.45) is 1.13. The average molecular weight is 285 g/mol. The molecule has 1 aromatic carbocycles. The summed E-state index contributed by atoms with van der Waals surface area (Å²) in [6.45, 7) is 0.269.